The molecule has 2 N–H and O–H groups in total. The Morgan fingerprint density at radius 2 is 1.64 bits per heavy atom. The molecule has 2 aliphatic rings. The minimum absolute atomic E-state index is 0.298. The van der Waals surface area contributed by atoms with Crippen molar-refractivity contribution in [3.05, 3.63) is 100 Å². The van der Waals surface area contributed by atoms with Gasteiger partial charge in [0.15, 0.2) is 6.04 Å². The highest BCUT2D eigenvalue weighted by atomic mass is 35.5. The van der Waals surface area contributed by atoms with E-state index in [1.165, 1.54) is 4.90 Å². The van der Waals surface area contributed by atoms with Crippen LogP contribution in [0.15, 0.2) is 72.8 Å². The Kier molecular flexibility index (Phi) is 5.38. The Morgan fingerprint density at radius 1 is 0.970 bits per heavy atom. The Morgan fingerprint density at radius 3 is 2.27 bits per heavy atom. The van der Waals surface area contributed by atoms with E-state index in [9.17, 15) is 19.5 Å². The smallest absolute Gasteiger partial charge is 0.331 e. The molecule has 166 valence electrons. The third-order valence-corrected chi connectivity index (χ3v) is 6.41. The summed E-state index contributed by atoms with van der Waals surface area (Å²) in [5, 5.41) is 13.6. The normalized spacial score (nSPS) is 18.8. The molecule has 33 heavy (non-hydrogen) atoms. The molecular formula is C26H21ClN2O4. The summed E-state index contributed by atoms with van der Waals surface area (Å²) in [6.45, 7) is 0. The maximum atomic E-state index is 14.0. The average Bonchev–Trinajstić information content (AvgIpc) is 3.66. The van der Waals surface area contributed by atoms with E-state index < -0.39 is 29.9 Å². The van der Waals surface area contributed by atoms with Crippen molar-refractivity contribution in [2.45, 2.75) is 30.8 Å². The number of aliphatic carboxylic acids is 1. The van der Waals surface area contributed by atoms with Crippen LogP contribution in [-0.2, 0) is 9.59 Å². The molecule has 7 heteroatoms. The topological polar surface area (TPSA) is 86.7 Å². The van der Waals surface area contributed by atoms with Gasteiger partial charge in [0.2, 0.25) is 0 Å². The molecule has 1 fully saturated rings. The monoisotopic (exact) mass is 460 g/mol. The molecule has 3 aromatic rings. The number of nitrogens with one attached hydrogen (secondary N) is 1. The summed E-state index contributed by atoms with van der Waals surface area (Å²) in [7, 11) is 0. The van der Waals surface area contributed by atoms with Gasteiger partial charge in [-0.05, 0) is 59.7 Å². The fourth-order valence-corrected chi connectivity index (χ4v) is 4.51. The lowest BCUT2D eigenvalue weighted by molar-refractivity contribution is -0.144. The Hall–Kier alpha value is -3.64. The molecule has 2 unspecified atom stereocenters. The van der Waals surface area contributed by atoms with Gasteiger partial charge in [-0.3, -0.25) is 9.59 Å². The zero-order valence-corrected chi connectivity index (χ0v) is 18.3. The van der Waals surface area contributed by atoms with E-state index in [0.29, 0.717) is 33.3 Å². The highest BCUT2D eigenvalue weighted by molar-refractivity contribution is 6.30. The summed E-state index contributed by atoms with van der Waals surface area (Å²) in [5.41, 5.74) is 2.59. The first-order valence-corrected chi connectivity index (χ1v) is 11.1. The maximum absolute atomic E-state index is 14.0. The molecule has 0 aromatic heterocycles. The lowest BCUT2D eigenvalue weighted by atomic mass is 9.97. The quantitative estimate of drug-likeness (QED) is 0.549. The molecule has 1 saturated carbocycles. The van der Waals surface area contributed by atoms with Crippen LogP contribution in [-0.4, -0.2) is 27.8 Å². The molecule has 0 radical (unpaired) electrons. The van der Waals surface area contributed by atoms with Crippen LogP contribution in [0, 0.1) is 0 Å². The minimum atomic E-state index is -1.36. The summed E-state index contributed by atoms with van der Waals surface area (Å²) in [6.07, 6.45) is 2.11. The molecule has 0 saturated heterocycles. The minimum Gasteiger partial charge on any atom is -0.479 e. The first kappa shape index (κ1) is 21.2. The first-order valence-electron chi connectivity index (χ1n) is 10.7. The zero-order valence-electron chi connectivity index (χ0n) is 17.6. The van der Waals surface area contributed by atoms with E-state index >= 15 is 0 Å². The van der Waals surface area contributed by atoms with Crippen LogP contribution in [0.4, 0.5) is 5.69 Å². The van der Waals surface area contributed by atoms with Crippen LogP contribution in [0.3, 0.4) is 0 Å². The number of anilines is 1. The molecule has 1 aliphatic heterocycles. The molecule has 3 aromatic carbocycles. The predicted molar refractivity (Wildman–Crippen MR) is 124 cm³/mol. The molecule has 1 aliphatic carbocycles. The molecule has 0 spiro atoms. The van der Waals surface area contributed by atoms with Gasteiger partial charge in [0.25, 0.3) is 11.8 Å². The number of carbonyl (C=O) groups is 3. The number of carboxylic acid groups (broad SMARTS) is 1. The first-order chi connectivity index (χ1) is 15.9. The average molecular weight is 461 g/mol. The third kappa shape index (κ3) is 3.98. The predicted octanol–water partition coefficient (Wildman–Crippen LogP) is 5.18. The molecule has 1 heterocycles. The molecule has 2 atom stereocenters. The maximum Gasteiger partial charge on any atom is 0.331 e. The number of nitrogens with zero attached hydrogens (tertiary/aromatic N) is 1. The Balaban J connectivity index is 1.70. The van der Waals surface area contributed by atoms with Crippen LogP contribution >= 0.6 is 11.6 Å². The fraction of sp³-hybridized carbons (Fsp3) is 0.192. The molecule has 2 amide bonds. The lowest BCUT2D eigenvalue weighted by Crippen LogP contribution is -2.44. The van der Waals surface area contributed by atoms with Crippen molar-refractivity contribution in [1.82, 2.24) is 4.90 Å². The molecule has 0 bridgehead atoms. The van der Waals surface area contributed by atoms with Crippen molar-refractivity contribution in [3.63, 3.8) is 0 Å². The van der Waals surface area contributed by atoms with Crippen molar-refractivity contribution in [1.29, 1.82) is 0 Å². The number of carboxylic acids is 1. The number of halogens is 1. The van der Waals surface area contributed by atoms with Gasteiger partial charge in [-0.2, -0.15) is 0 Å². The van der Waals surface area contributed by atoms with Crippen molar-refractivity contribution in [3.8, 4) is 0 Å². The lowest BCUT2D eigenvalue weighted by Gasteiger charge is -2.34. The van der Waals surface area contributed by atoms with Crippen molar-refractivity contribution >= 4 is 35.1 Å². The summed E-state index contributed by atoms with van der Waals surface area (Å²) in [5.74, 6) is -1.82. The van der Waals surface area contributed by atoms with Gasteiger partial charge >= 0.3 is 5.97 Å². The second-order valence-corrected chi connectivity index (χ2v) is 8.82. The number of fused-ring (bicyclic) bond motifs is 1. The van der Waals surface area contributed by atoms with Gasteiger partial charge in [0.1, 0.15) is 6.04 Å². The zero-order chi connectivity index (χ0) is 23.1. The van der Waals surface area contributed by atoms with Crippen LogP contribution in [0.25, 0.3) is 0 Å². The number of hydrogen-bond acceptors (Lipinski definition) is 3. The van der Waals surface area contributed by atoms with Gasteiger partial charge in [0.05, 0.1) is 11.3 Å². The van der Waals surface area contributed by atoms with Crippen LogP contribution in [0.5, 0.6) is 0 Å². The van der Waals surface area contributed by atoms with Crippen LogP contribution < -0.4 is 5.32 Å². The number of benzene rings is 3. The highest BCUT2D eigenvalue weighted by Crippen LogP contribution is 2.43. The summed E-state index contributed by atoms with van der Waals surface area (Å²) in [4.78, 5) is 41.2. The van der Waals surface area contributed by atoms with Gasteiger partial charge < -0.3 is 15.3 Å². The Bertz CT molecular complexity index is 1240. The van der Waals surface area contributed by atoms with Crippen LogP contribution in [0.2, 0.25) is 5.02 Å². The fourth-order valence-electron chi connectivity index (χ4n) is 4.38. The summed E-state index contributed by atoms with van der Waals surface area (Å²) in [6, 6.07) is 17.9. The van der Waals surface area contributed by atoms with E-state index in [1.807, 2.05) is 6.07 Å². The number of hydrogen-bond donors (Lipinski definition) is 2. The van der Waals surface area contributed by atoms with Crippen molar-refractivity contribution in [2.24, 2.45) is 0 Å². The SMILES string of the molecule is O=C(O)C(c1ccccc1)N1C(=O)c2cc(C3CC3)ccc2NC(=O)C1c1ccc(Cl)cc1. The van der Waals surface area contributed by atoms with E-state index in [0.717, 1.165) is 18.4 Å². The van der Waals surface area contributed by atoms with E-state index in [2.05, 4.69) is 5.32 Å². The van der Waals surface area contributed by atoms with Crippen molar-refractivity contribution < 1.29 is 19.5 Å². The molecule has 6 nitrogen and oxygen atoms in total. The van der Waals surface area contributed by atoms with Crippen LogP contribution in [0.1, 0.15) is 57.9 Å². The Labute approximate surface area is 195 Å². The third-order valence-electron chi connectivity index (χ3n) is 6.15. The second kappa shape index (κ2) is 8.37. The number of amides is 2. The van der Waals surface area contributed by atoms with Gasteiger partial charge in [0, 0.05) is 5.02 Å². The van der Waals surface area contributed by atoms with Crippen molar-refractivity contribution in [2.75, 3.05) is 5.32 Å². The highest BCUT2D eigenvalue weighted by Gasteiger charge is 2.44. The summed E-state index contributed by atoms with van der Waals surface area (Å²) >= 11 is 6.04. The standard InChI is InChI=1S/C26H21ClN2O4/c27-19-11-8-17(9-12-19)22-24(30)28-21-13-10-18(15-6-7-15)14-20(21)25(31)29(22)23(26(32)33)16-4-2-1-3-5-16/h1-5,8-15,22-23H,6-7H2,(H,28,30)(H,32,33). The number of carbonyl (C=O) groups excluding carboxylic acids is 2. The second-order valence-electron chi connectivity index (χ2n) is 8.39. The largest absolute Gasteiger partial charge is 0.479 e. The van der Waals surface area contributed by atoms with Gasteiger partial charge in [-0.25, -0.2) is 4.79 Å². The van der Waals surface area contributed by atoms with Gasteiger partial charge in [-0.15, -0.1) is 0 Å². The molecular weight excluding hydrogens is 440 g/mol. The number of rotatable bonds is 5. The van der Waals surface area contributed by atoms with E-state index in [4.69, 9.17) is 11.6 Å². The van der Waals surface area contributed by atoms with Gasteiger partial charge in [-0.1, -0.05) is 60.1 Å². The molecule has 5 rings (SSSR count). The summed E-state index contributed by atoms with van der Waals surface area (Å²) < 4.78 is 0. The van der Waals surface area contributed by atoms with E-state index in [1.54, 1.807) is 66.7 Å². The van der Waals surface area contributed by atoms with E-state index in [-0.39, 0.29) is 0 Å².